The molecule has 0 aliphatic carbocycles. The molecular weight excluding hydrogens is 314 g/mol. The number of carboxylic acids is 1. The maximum atomic E-state index is 11.6. The molecule has 0 aliphatic rings. The number of aliphatic carboxylic acids is 1. The Morgan fingerprint density at radius 2 is 1.76 bits per heavy atom. The van der Waals surface area contributed by atoms with Crippen LogP contribution in [0.15, 0.2) is 29.2 Å². The fraction of sp³-hybridized carbons (Fsp3) is 0.385. The van der Waals surface area contributed by atoms with Gasteiger partial charge in [-0.05, 0) is 17.7 Å². The lowest BCUT2D eigenvalue weighted by atomic mass is 10.2. The van der Waals surface area contributed by atoms with Crippen molar-refractivity contribution in [3.05, 3.63) is 29.8 Å². The van der Waals surface area contributed by atoms with Crippen LogP contribution >= 0.6 is 11.8 Å². The van der Waals surface area contributed by atoms with Gasteiger partial charge in [0.05, 0.1) is 17.9 Å². The normalized spacial score (nSPS) is 11.2. The van der Waals surface area contributed by atoms with Gasteiger partial charge in [0.2, 0.25) is 5.91 Å². The molecule has 0 saturated carbocycles. The molecule has 0 heterocycles. The van der Waals surface area contributed by atoms with Crippen LogP contribution in [0, 0.1) is 0 Å². The number of carboxylic acid groups (broad SMARTS) is 1. The summed E-state index contributed by atoms with van der Waals surface area (Å²) in [5.74, 6) is -1.39. The molecule has 0 saturated heterocycles. The van der Waals surface area contributed by atoms with Gasteiger partial charge in [-0.25, -0.2) is 8.42 Å². The Hall–Kier alpha value is -1.54. The van der Waals surface area contributed by atoms with Gasteiger partial charge >= 0.3 is 5.97 Å². The number of hydrogen-bond acceptors (Lipinski definition) is 5. The van der Waals surface area contributed by atoms with Crippen LogP contribution in [0.4, 0.5) is 0 Å². The van der Waals surface area contributed by atoms with E-state index in [-0.39, 0.29) is 24.3 Å². The van der Waals surface area contributed by atoms with Crippen molar-refractivity contribution in [3.63, 3.8) is 0 Å². The van der Waals surface area contributed by atoms with Crippen molar-refractivity contribution in [2.75, 3.05) is 17.3 Å². The summed E-state index contributed by atoms with van der Waals surface area (Å²) in [7, 11) is -3.27. The van der Waals surface area contributed by atoms with Crippen LogP contribution in [0.2, 0.25) is 0 Å². The number of thioether (sulfide) groups is 1. The topological polar surface area (TPSA) is 115 Å². The average molecular weight is 331 g/mol. The molecule has 1 aromatic rings. The van der Waals surface area contributed by atoms with Crippen LogP contribution in [-0.2, 0) is 25.8 Å². The van der Waals surface area contributed by atoms with Crippen molar-refractivity contribution >= 4 is 33.5 Å². The molecule has 0 radical (unpaired) electrons. The van der Waals surface area contributed by atoms with Crippen molar-refractivity contribution < 1.29 is 23.1 Å². The zero-order valence-corrected chi connectivity index (χ0v) is 13.0. The van der Waals surface area contributed by atoms with E-state index in [2.05, 4.69) is 0 Å². The Bertz CT molecular complexity index is 595. The highest BCUT2D eigenvalue weighted by Gasteiger charge is 2.12. The Balaban J connectivity index is 2.41. The van der Waals surface area contributed by atoms with Gasteiger partial charge in [0.15, 0.2) is 9.84 Å². The van der Waals surface area contributed by atoms with E-state index in [1.807, 2.05) is 0 Å². The molecular formula is C13H17NO5S2. The van der Waals surface area contributed by atoms with Crippen molar-refractivity contribution in [2.45, 2.75) is 17.7 Å². The fourth-order valence-electron chi connectivity index (χ4n) is 1.52. The maximum Gasteiger partial charge on any atom is 0.307 e. The number of primary amides is 1. The molecule has 21 heavy (non-hydrogen) atoms. The Labute approximate surface area is 127 Å². The van der Waals surface area contributed by atoms with E-state index >= 15 is 0 Å². The van der Waals surface area contributed by atoms with Crippen molar-refractivity contribution in [3.8, 4) is 0 Å². The van der Waals surface area contributed by atoms with Gasteiger partial charge in [-0.1, -0.05) is 12.1 Å². The average Bonchev–Trinajstić information content (AvgIpc) is 2.38. The molecule has 0 aliphatic heterocycles. The standard InChI is InChI=1S/C13H17NO5S2/c14-12(15)5-7-21(18,19)8-6-20-11-3-1-10(2-4-11)9-13(16)17/h1-4H,5-9H2,(H2,14,15)(H,16,17). The lowest BCUT2D eigenvalue weighted by molar-refractivity contribution is -0.136. The Morgan fingerprint density at radius 1 is 1.14 bits per heavy atom. The summed E-state index contributed by atoms with van der Waals surface area (Å²) in [5, 5.41) is 8.65. The highest BCUT2D eigenvalue weighted by Crippen LogP contribution is 2.19. The summed E-state index contributed by atoms with van der Waals surface area (Å²) in [5.41, 5.74) is 5.61. The van der Waals surface area contributed by atoms with Crippen LogP contribution in [0.1, 0.15) is 12.0 Å². The molecule has 0 atom stereocenters. The number of carbonyl (C=O) groups is 2. The van der Waals surface area contributed by atoms with E-state index in [4.69, 9.17) is 10.8 Å². The van der Waals surface area contributed by atoms with Crippen molar-refractivity contribution in [1.29, 1.82) is 0 Å². The Morgan fingerprint density at radius 3 is 2.29 bits per heavy atom. The highest BCUT2D eigenvalue weighted by molar-refractivity contribution is 8.00. The van der Waals surface area contributed by atoms with Crippen LogP contribution in [0.5, 0.6) is 0 Å². The summed E-state index contributed by atoms with van der Waals surface area (Å²) in [6.07, 6.45) is -0.191. The SMILES string of the molecule is NC(=O)CCS(=O)(=O)CCSc1ccc(CC(=O)O)cc1. The molecule has 0 bridgehead atoms. The van der Waals surface area contributed by atoms with E-state index in [0.717, 1.165) is 4.90 Å². The number of carbonyl (C=O) groups excluding carboxylic acids is 1. The van der Waals surface area contributed by atoms with Gasteiger partial charge in [0, 0.05) is 17.1 Å². The third kappa shape index (κ3) is 7.72. The second-order valence-corrected chi connectivity index (χ2v) is 7.90. The minimum atomic E-state index is -3.27. The number of amides is 1. The first kappa shape index (κ1) is 17.5. The van der Waals surface area contributed by atoms with Gasteiger partial charge in [0.1, 0.15) is 0 Å². The van der Waals surface area contributed by atoms with Crippen LogP contribution in [0.25, 0.3) is 0 Å². The molecule has 1 aromatic carbocycles. The van der Waals surface area contributed by atoms with E-state index in [0.29, 0.717) is 11.3 Å². The first-order valence-corrected chi connectivity index (χ1v) is 9.01. The molecule has 1 rings (SSSR count). The number of nitrogens with two attached hydrogens (primary N) is 1. The van der Waals surface area contributed by atoms with Crippen molar-refractivity contribution in [2.24, 2.45) is 5.73 Å². The molecule has 0 spiro atoms. The minimum Gasteiger partial charge on any atom is -0.481 e. The van der Waals surface area contributed by atoms with Gasteiger partial charge in [-0.15, -0.1) is 11.8 Å². The zero-order valence-electron chi connectivity index (χ0n) is 11.3. The number of hydrogen-bond donors (Lipinski definition) is 2. The van der Waals surface area contributed by atoms with E-state index in [9.17, 15) is 18.0 Å². The van der Waals surface area contributed by atoms with E-state index in [1.54, 1.807) is 24.3 Å². The largest absolute Gasteiger partial charge is 0.481 e. The summed E-state index contributed by atoms with van der Waals surface area (Å²) >= 11 is 1.37. The van der Waals surface area contributed by atoms with Gasteiger partial charge in [-0.3, -0.25) is 9.59 Å². The van der Waals surface area contributed by atoms with Gasteiger partial charge in [0.25, 0.3) is 0 Å². The summed E-state index contributed by atoms with van der Waals surface area (Å²) in [4.78, 5) is 22.0. The third-order valence-electron chi connectivity index (χ3n) is 2.60. The molecule has 0 fully saturated rings. The lowest BCUT2D eigenvalue weighted by Crippen LogP contribution is -2.19. The van der Waals surface area contributed by atoms with Crippen LogP contribution < -0.4 is 5.73 Å². The fourth-order valence-corrected chi connectivity index (χ4v) is 4.15. The molecule has 0 unspecified atom stereocenters. The predicted molar refractivity (Wildman–Crippen MR) is 81.0 cm³/mol. The molecule has 0 aromatic heterocycles. The highest BCUT2D eigenvalue weighted by atomic mass is 32.2. The van der Waals surface area contributed by atoms with Gasteiger partial charge in [-0.2, -0.15) is 0 Å². The minimum absolute atomic E-state index is 0.0260. The number of rotatable bonds is 9. The monoisotopic (exact) mass is 331 g/mol. The summed E-state index contributed by atoms with van der Waals surface area (Å²) < 4.78 is 23.2. The number of benzene rings is 1. The third-order valence-corrected chi connectivity index (χ3v) is 5.53. The molecule has 1 amide bonds. The molecule has 3 N–H and O–H groups in total. The zero-order chi connectivity index (χ0) is 15.9. The van der Waals surface area contributed by atoms with Crippen LogP contribution in [-0.4, -0.2) is 42.7 Å². The van der Waals surface area contributed by atoms with E-state index < -0.39 is 21.7 Å². The predicted octanol–water partition coefficient (Wildman–Crippen LogP) is 0.696. The summed E-state index contributed by atoms with van der Waals surface area (Å²) in [6.45, 7) is 0. The molecule has 116 valence electrons. The number of sulfone groups is 1. The summed E-state index contributed by atoms with van der Waals surface area (Å²) in [6, 6.07) is 6.94. The first-order chi connectivity index (χ1) is 9.78. The van der Waals surface area contributed by atoms with Crippen molar-refractivity contribution in [1.82, 2.24) is 0 Å². The quantitative estimate of drug-likeness (QED) is 0.644. The first-order valence-electron chi connectivity index (χ1n) is 6.21. The van der Waals surface area contributed by atoms with Crippen LogP contribution in [0.3, 0.4) is 0 Å². The van der Waals surface area contributed by atoms with E-state index in [1.165, 1.54) is 11.8 Å². The molecule has 8 heteroatoms. The maximum absolute atomic E-state index is 11.6. The Kier molecular flexibility index (Phi) is 6.70. The second-order valence-electron chi connectivity index (χ2n) is 4.43. The lowest BCUT2D eigenvalue weighted by Gasteiger charge is -2.04. The molecule has 6 nitrogen and oxygen atoms in total. The van der Waals surface area contributed by atoms with Gasteiger partial charge < -0.3 is 10.8 Å². The second kappa shape index (κ2) is 8.04. The smallest absolute Gasteiger partial charge is 0.307 e.